The average molecular weight is 634 g/mol. The van der Waals surface area contributed by atoms with E-state index in [0.29, 0.717) is 41.8 Å². The summed E-state index contributed by atoms with van der Waals surface area (Å²) >= 11 is 1.52. The van der Waals surface area contributed by atoms with Crippen molar-refractivity contribution in [2.75, 3.05) is 18.6 Å². The summed E-state index contributed by atoms with van der Waals surface area (Å²) in [6, 6.07) is 28.7. The molecule has 8 nitrogen and oxygen atoms in total. The van der Waals surface area contributed by atoms with Gasteiger partial charge in [-0.25, -0.2) is 14.6 Å². The average Bonchev–Trinajstić information content (AvgIpc) is 3.50. The first kappa shape index (κ1) is 32.1. The fourth-order valence-corrected chi connectivity index (χ4v) is 5.49. The van der Waals surface area contributed by atoms with Crippen LogP contribution in [0.4, 0.5) is 5.13 Å². The molecule has 5 rings (SSSR count). The van der Waals surface area contributed by atoms with Crippen molar-refractivity contribution in [1.29, 1.82) is 0 Å². The lowest BCUT2D eigenvalue weighted by molar-refractivity contribution is -0.137. The molecule has 4 aromatic carbocycles. The van der Waals surface area contributed by atoms with Crippen molar-refractivity contribution in [3.8, 4) is 22.6 Å². The number of unbranched alkanes of at least 4 members (excludes halogenated alkanes) is 1. The summed E-state index contributed by atoms with van der Waals surface area (Å²) in [6.07, 6.45) is 6.36. The maximum atomic E-state index is 13.0. The lowest BCUT2D eigenvalue weighted by atomic mass is 9.98. The summed E-state index contributed by atoms with van der Waals surface area (Å²) in [4.78, 5) is 28.7. The molecule has 0 amide bonds. The summed E-state index contributed by atoms with van der Waals surface area (Å²) in [6.45, 7) is 6.31. The van der Waals surface area contributed by atoms with Crippen LogP contribution in [0, 0.1) is 0 Å². The molecule has 0 unspecified atom stereocenters. The van der Waals surface area contributed by atoms with E-state index in [1.807, 2.05) is 30.3 Å². The number of benzene rings is 4. The molecule has 0 saturated heterocycles. The number of hydrogen-bond acceptors (Lipinski definition) is 9. The van der Waals surface area contributed by atoms with Gasteiger partial charge in [0.15, 0.2) is 0 Å². The number of fused-ring (bicyclic) bond motifs is 1. The number of ether oxygens (including phenoxy) is 3. The fourth-order valence-electron chi connectivity index (χ4n) is 4.67. The molecule has 5 aromatic rings. The van der Waals surface area contributed by atoms with E-state index in [-0.39, 0.29) is 0 Å². The van der Waals surface area contributed by atoms with Crippen LogP contribution < -0.4 is 14.9 Å². The van der Waals surface area contributed by atoms with Crippen molar-refractivity contribution < 1.29 is 23.8 Å². The number of esters is 2. The molecule has 1 heterocycles. The van der Waals surface area contributed by atoms with Crippen molar-refractivity contribution in [3.63, 3.8) is 0 Å². The zero-order valence-corrected chi connectivity index (χ0v) is 26.4. The summed E-state index contributed by atoms with van der Waals surface area (Å²) in [7, 11) is 0. The third kappa shape index (κ3) is 8.89. The highest BCUT2D eigenvalue weighted by Crippen LogP contribution is 2.29. The van der Waals surface area contributed by atoms with Gasteiger partial charge in [0.1, 0.15) is 11.5 Å². The maximum absolute atomic E-state index is 13.0. The minimum absolute atomic E-state index is 0.318. The smallest absolute Gasteiger partial charge is 0.343 e. The van der Waals surface area contributed by atoms with Crippen molar-refractivity contribution in [3.05, 3.63) is 120 Å². The molecular formula is C37H35N3O5S. The number of hydrogen-bond donors (Lipinski definition) is 1. The first-order chi connectivity index (χ1) is 22.5. The molecule has 0 aliphatic rings. The number of rotatable bonds is 15. The Hall–Kier alpha value is -5.28. The van der Waals surface area contributed by atoms with E-state index in [4.69, 9.17) is 14.2 Å². The van der Waals surface area contributed by atoms with Crippen LogP contribution in [-0.4, -0.2) is 36.4 Å². The van der Waals surface area contributed by atoms with Crippen LogP contribution in [0.15, 0.2) is 109 Å². The second kappa shape index (κ2) is 16.2. The van der Waals surface area contributed by atoms with E-state index < -0.39 is 11.9 Å². The zero-order valence-electron chi connectivity index (χ0n) is 25.6. The normalized spacial score (nSPS) is 11.0. The first-order valence-electron chi connectivity index (χ1n) is 15.1. The second-order valence-corrected chi connectivity index (χ2v) is 11.4. The molecule has 9 heteroatoms. The Morgan fingerprint density at radius 1 is 0.935 bits per heavy atom. The van der Waals surface area contributed by atoms with E-state index in [1.54, 1.807) is 42.6 Å². The fraction of sp³-hybridized carbons (Fsp3) is 0.189. The molecule has 46 heavy (non-hydrogen) atoms. The van der Waals surface area contributed by atoms with Crippen LogP contribution >= 0.6 is 11.3 Å². The lowest BCUT2D eigenvalue weighted by Gasteiger charge is -2.11. The molecule has 0 radical (unpaired) electrons. The highest BCUT2D eigenvalue weighted by Gasteiger charge is 2.12. The van der Waals surface area contributed by atoms with Gasteiger partial charge >= 0.3 is 11.9 Å². The number of carbonyl (C=O) groups is 2. The number of thiazole rings is 1. The number of hydrazone groups is 1. The molecule has 1 N–H and O–H groups in total. The van der Waals surface area contributed by atoms with Crippen LogP contribution in [0.25, 0.3) is 21.3 Å². The predicted octanol–water partition coefficient (Wildman–Crippen LogP) is 8.47. The molecule has 0 aliphatic heterocycles. The molecule has 234 valence electrons. The van der Waals surface area contributed by atoms with Gasteiger partial charge in [-0.1, -0.05) is 73.7 Å². The Kier molecular flexibility index (Phi) is 11.3. The number of anilines is 1. The minimum Gasteiger partial charge on any atom is -0.494 e. The number of aromatic nitrogens is 1. The van der Waals surface area contributed by atoms with Crippen molar-refractivity contribution in [2.24, 2.45) is 5.10 Å². The molecule has 0 bridgehead atoms. The summed E-state index contributed by atoms with van der Waals surface area (Å²) in [5.74, 6) is 0.115. The molecule has 1 aromatic heterocycles. The van der Waals surface area contributed by atoms with Gasteiger partial charge in [-0.15, -0.1) is 0 Å². The third-order valence-electron chi connectivity index (χ3n) is 7.00. The van der Waals surface area contributed by atoms with Gasteiger partial charge in [-0.05, 0) is 84.5 Å². The van der Waals surface area contributed by atoms with Gasteiger partial charge in [0.2, 0.25) is 5.13 Å². The van der Waals surface area contributed by atoms with E-state index >= 15 is 0 Å². The maximum Gasteiger partial charge on any atom is 0.343 e. The van der Waals surface area contributed by atoms with Gasteiger partial charge < -0.3 is 14.2 Å². The summed E-state index contributed by atoms with van der Waals surface area (Å²) in [5, 5.41) is 5.16. The number of carbonyl (C=O) groups excluding carboxylic acids is 2. The minimum atomic E-state index is -0.484. The second-order valence-electron chi connectivity index (χ2n) is 10.4. The van der Waals surface area contributed by atoms with Crippen LogP contribution in [0.5, 0.6) is 11.5 Å². The molecule has 0 spiro atoms. The lowest BCUT2D eigenvalue weighted by Crippen LogP contribution is -2.09. The van der Waals surface area contributed by atoms with Gasteiger partial charge in [-0.2, -0.15) is 5.10 Å². The highest BCUT2D eigenvalue weighted by atomic mass is 32.1. The van der Waals surface area contributed by atoms with Gasteiger partial charge in [0, 0.05) is 11.6 Å². The molecule has 0 fully saturated rings. The zero-order chi connectivity index (χ0) is 32.1. The Balaban J connectivity index is 1.25. The first-order valence-corrected chi connectivity index (χ1v) is 16.0. The van der Waals surface area contributed by atoms with Crippen molar-refractivity contribution >= 4 is 44.8 Å². The van der Waals surface area contributed by atoms with Crippen molar-refractivity contribution in [1.82, 2.24) is 4.98 Å². The predicted molar refractivity (Wildman–Crippen MR) is 184 cm³/mol. The number of nitrogens with zero attached hydrogens (tertiary/aromatic N) is 2. The largest absolute Gasteiger partial charge is 0.494 e. The van der Waals surface area contributed by atoms with Gasteiger partial charge in [0.25, 0.3) is 0 Å². The number of nitrogens with one attached hydrogen (secondary N) is 1. The summed E-state index contributed by atoms with van der Waals surface area (Å²) < 4.78 is 17.5. The number of aryl methyl sites for hydroxylation is 1. The summed E-state index contributed by atoms with van der Waals surface area (Å²) in [5.41, 5.74) is 8.41. The molecular weight excluding hydrogens is 598 g/mol. The van der Waals surface area contributed by atoms with Gasteiger partial charge in [0.05, 0.1) is 35.2 Å². The quantitative estimate of drug-likeness (QED) is 0.0308. The Morgan fingerprint density at radius 2 is 1.70 bits per heavy atom. The van der Waals surface area contributed by atoms with Gasteiger partial charge in [-0.3, -0.25) is 5.43 Å². The molecule has 0 aliphatic carbocycles. The third-order valence-corrected chi connectivity index (χ3v) is 7.94. The van der Waals surface area contributed by atoms with Crippen LogP contribution in [0.2, 0.25) is 0 Å². The standard InChI is InChI=1S/C37H35N3O5S/c1-3-9-26-12-14-27(15-13-26)32-21-20-31(24-29(32)25-38-40-37-39-33-10-5-6-11-34(33)46-37)45-36(42)28-16-18-30(19-17-28)43-22-7-8-23-44-35(41)4-2/h4-6,10-21,24-25H,2-3,7-9,22-23H2,1H3,(H,39,40)/b38-25+. The van der Waals surface area contributed by atoms with E-state index in [2.05, 4.69) is 53.3 Å². The number of para-hydroxylation sites is 1. The highest BCUT2D eigenvalue weighted by molar-refractivity contribution is 7.22. The van der Waals surface area contributed by atoms with E-state index in [1.165, 1.54) is 16.9 Å². The topological polar surface area (TPSA) is 99.1 Å². The van der Waals surface area contributed by atoms with Crippen LogP contribution in [0.3, 0.4) is 0 Å². The molecule has 0 saturated carbocycles. The Morgan fingerprint density at radius 3 is 2.46 bits per heavy atom. The Labute approximate surface area is 272 Å². The Bertz CT molecular complexity index is 1780. The van der Waals surface area contributed by atoms with Crippen molar-refractivity contribution in [2.45, 2.75) is 32.6 Å². The van der Waals surface area contributed by atoms with Crippen LogP contribution in [-0.2, 0) is 16.0 Å². The molecule has 0 atom stereocenters. The van der Waals surface area contributed by atoms with E-state index in [9.17, 15) is 9.59 Å². The SMILES string of the molecule is C=CC(=O)OCCCCOc1ccc(C(=O)Oc2ccc(-c3ccc(CCC)cc3)c(/C=N/Nc3nc4ccccc4s3)c2)cc1. The van der Waals surface area contributed by atoms with E-state index in [0.717, 1.165) is 52.2 Å². The monoisotopic (exact) mass is 633 g/mol. The van der Waals surface area contributed by atoms with Crippen LogP contribution in [0.1, 0.15) is 47.7 Å².